The second-order valence-corrected chi connectivity index (χ2v) is 4.96. The van der Waals surface area contributed by atoms with E-state index in [1.54, 1.807) is 6.07 Å². The highest BCUT2D eigenvalue weighted by molar-refractivity contribution is 9.10. The first-order chi connectivity index (χ1) is 8.90. The van der Waals surface area contributed by atoms with E-state index in [4.69, 9.17) is 0 Å². The van der Waals surface area contributed by atoms with Crippen LogP contribution in [0.5, 0.6) is 0 Å². The van der Waals surface area contributed by atoms with Crippen molar-refractivity contribution < 1.29 is 14.5 Å². The van der Waals surface area contributed by atoms with E-state index in [0.29, 0.717) is 10.2 Å². The first-order valence-corrected chi connectivity index (χ1v) is 6.25. The Bertz CT molecular complexity index is 588. The Balaban J connectivity index is 2.69. The lowest BCUT2D eigenvalue weighted by atomic mass is 10.2. The summed E-state index contributed by atoms with van der Waals surface area (Å²) < 4.78 is 0.473. The fourth-order valence-corrected chi connectivity index (χ4v) is 2.36. The number of hydrogen-bond donors (Lipinski definition) is 1. The Kier molecular flexibility index (Phi) is 3.52. The van der Waals surface area contributed by atoms with Gasteiger partial charge in [-0.1, -0.05) is 15.9 Å². The highest BCUT2D eigenvalue weighted by Crippen LogP contribution is 2.39. The molecule has 0 spiro atoms. The molecule has 1 aromatic carbocycles. The van der Waals surface area contributed by atoms with Crippen LogP contribution in [0.25, 0.3) is 0 Å². The Morgan fingerprint density at radius 2 is 2.21 bits per heavy atom. The van der Waals surface area contributed by atoms with Gasteiger partial charge in [-0.2, -0.15) is 0 Å². The van der Waals surface area contributed by atoms with Crippen molar-refractivity contribution in [3.05, 3.63) is 26.7 Å². The zero-order valence-corrected chi connectivity index (χ0v) is 11.6. The van der Waals surface area contributed by atoms with Crippen LogP contribution in [0.4, 0.5) is 17.1 Å². The number of carbonyl (C=O) groups is 2. The van der Waals surface area contributed by atoms with Gasteiger partial charge in [0.25, 0.3) is 5.69 Å². The van der Waals surface area contributed by atoms with E-state index in [9.17, 15) is 19.7 Å². The Labute approximate surface area is 116 Å². The fourth-order valence-electron chi connectivity index (χ4n) is 1.93. The number of rotatable bonds is 1. The number of fused-ring (bicyclic) bond motifs is 1. The third-order valence-electron chi connectivity index (χ3n) is 2.76. The summed E-state index contributed by atoms with van der Waals surface area (Å²) in [7, 11) is 0. The molecule has 0 atom stereocenters. The predicted octanol–water partition coefficient (Wildman–Crippen LogP) is 2.05. The van der Waals surface area contributed by atoms with Crippen molar-refractivity contribution in [2.75, 3.05) is 16.8 Å². The van der Waals surface area contributed by atoms with Crippen molar-refractivity contribution in [3.63, 3.8) is 0 Å². The van der Waals surface area contributed by atoms with Crippen molar-refractivity contribution in [1.29, 1.82) is 0 Å². The first kappa shape index (κ1) is 13.5. The SMILES string of the molecule is CC(=O)N1CCC(=O)Nc2c1cc(Br)cc2[N+](=O)[O-]. The number of carbonyl (C=O) groups excluding carboxylic acids is 2. The minimum atomic E-state index is -0.590. The molecule has 0 saturated carbocycles. The number of benzene rings is 1. The molecule has 1 aliphatic rings. The molecule has 2 amide bonds. The molecule has 1 N–H and O–H groups in total. The lowest BCUT2D eigenvalue weighted by Crippen LogP contribution is -2.29. The van der Waals surface area contributed by atoms with Gasteiger partial charge < -0.3 is 10.2 Å². The van der Waals surface area contributed by atoms with Crippen LogP contribution in [0.15, 0.2) is 16.6 Å². The highest BCUT2D eigenvalue weighted by atomic mass is 79.9. The number of amides is 2. The molecule has 1 heterocycles. The van der Waals surface area contributed by atoms with Gasteiger partial charge in [0.15, 0.2) is 0 Å². The number of nitrogens with one attached hydrogen (secondary N) is 1. The van der Waals surface area contributed by atoms with Crippen LogP contribution in [0, 0.1) is 10.1 Å². The fraction of sp³-hybridized carbons (Fsp3) is 0.273. The summed E-state index contributed by atoms with van der Waals surface area (Å²) in [6.07, 6.45) is 0.100. The minimum Gasteiger partial charge on any atom is -0.319 e. The maximum absolute atomic E-state index is 11.6. The van der Waals surface area contributed by atoms with E-state index >= 15 is 0 Å². The third-order valence-corrected chi connectivity index (χ3v) is 3.21. The molecule has 0 fully saturated rings. The topological polar surface area (TPSA) is 92.6 Å². The molecule has 2 rings (SSSR count). The van der Waals surface area contributed by atoms with Crippen molar-refractivity contribution in [1.82, 2.24) is 0 Å². The smallest absolute Gasteiger partial charge is 0.296 e. The Morgan fingerprint density at radius 3 is 2.79 bits per heavy atom. The van der Waals surface area contributed by atoms with Crippen molar-refractivity contribution in [2.45, 2.75) is 13.3 Å². The van der Waals surface area contributed by atoms with Gasteiger partial charge in [-0.05, 0) is 6.07 Å². The molecule has 0 saturated heterocycles. The van der Waals surface area contributed by atoms with E-state index in [1.807, 2.05) is 0 Å². The molecule has 1 aliphatic heterocycles. The summed E-state index contributed by atoms with van der Waals surface area (Å²) >= 11 is 3.17. The second-order valence-electron chi connectivity index (χ2n) is 4.04. The number of halogens is 1. The number of anilines is 2. The van der Waals surface area contributed by atoms with E-state index < -0.39 is 4.92 Å². The lowest BCUT2D eigenvalue weighted by molar-refractivity contribution is -0.383. The number of hydrogen-bond acceptors (Lipinski definition) is 4. The zero-order valence-electron chi connectivity index (χ0n) is 9.97. The molecule has 1 aromatic rings. The number of nitrogens with zero attached hydrogens (tertiary/aromatic N) is 2. The highest BCUT2D eigenvalue weighted by Gasteiger charge is 2.28. The largest absolute Gasteiger partial charge is 0.319 e. The monoisotopic (exact) mass is 327 g/mol. The van der Waals surface area contributed by atoms with Crippen LogP contribution in [0.3, 0.4) is 0 Å². The molecule has 0 bridgehead atoms. The van der Waals surface area contributed by atoms with Crippen LogP contribution in [-0.2, 0) is 9.59 Å². The van der Waals surface area contributed by atoms with Crippen LogP contribution < -0.4 is 10.2 Å². The van der Waals surface area contributed by atoms with Gasteiger partial charge >= 0.3 is 0 Å². The predicted molar refractivity (Wildman–Crippen MR) is 72.1 cm³/mol. The molecular formula is C11H10BrN3O4. The van der Waals surface area contributed by atoms with Gasteiger partial charge in [-0.15, -0.1) is 0 Å². The standard InChI is InChI=1S/C11H10BrN3O4/c1-6(16)14-3-2-10(17)13-11-8(14)4-7(12)5-9(11)15(18)19/h4-5H,2-3H2,1H3,(H,13,17). The van der Waals surface area contributed by atoms with E-state index in [1.165, 1.54) is 17.9 Å². The van der Waals surface area contributed by atoms with Crippen molar-refractivity contribution in [2.24, 2.45) is 0 Å². The quantitative estimate of drug-likeness (QED) is 0.631. The number of nitro groups is 1. The van der Waals surface area contributed by atoms with Gasteiger partial charge in [0, 0.05) is 30.4 Å². The van der Waals surface area contributed by atoms with Gasteiger partial charge in [0.2, 0.25) is 11.8 Å². The van der Waals surface area contributed by atoms with Gasteiger partial charge in [-0.25, -0.2) is 0 Å². The van der Waals surface area contributed by atoms with Crippen LogP contribution in [-0.4, -0.2) is 23.3 Å². The van der Waals surface area contributed by atoms with Gasteiger partial charge in [-0.3, -0.25) is 19.7 Å². The van der Waals surface area contributed by atoms with E-state index in [2.05, 4.69) is 21.2 Å². The summed E-state index contributed by atoms with van der Waals surface area (Å²) in [4.78, 5) is 35.0. The van der Waals surface area contributed by atoms with Crippen LogP contribution in [0.1, 0.15) is 13.3 Å². The van der Waals surface area contributed by atoms with E-state index in [-0.39, 0.29) is 36.2 Å². The molecule has 0 aliphatic carbocycles. The maximum Gasteiger partial charge on any atom is 0.296 e. The summed E-state index contributed by atoms with van der Waals surface area (Å²) in [5.74, 6) is -0.624. The Morgan fingerprint density at radius 1 is 1.53 bits per heavy atom. The zero-order chi connectivity index (χ0) is 14.2. The molecule has 0 aromatic heterocycles. The maximum atomic E-state index is 11.6. The average Bonchev–Trinajstić information content (AvgIpc) is 2.46. The third kappa shape index (κ3) is 2.58. The van der Waals surface area contributed by atoms with Crippen LogP contribution in [0.2, 0.25) is 0 Å². The summed E-state index contributed by atoms with van der Waals surface area (Å²) in [6.45, 7) is 1.55. The van der Waals surface area contributed by atoms with Gasteiger partial charge in [0.1, 0.15) is 5.69 Å². The van der Waals surface area contributed by atoms with Crippen LogP contribution >= 0.6 is 15.9 Å². The molecule has 0 unspecified atom stereocenters. The van der Waals surface area contributed by atoms with Gasteiger partial charge in [0.05, 0.1) is 10.6 Å². The molecule has 19 heavy (non-hydrogen) atoms. The molecule has 8 heteroatoms. The number of nitro benzene ring substituents is 1. The summed E-state index contributed by atoms with van der Waals surface area (Å²) in [5, 5.41) is 13.5. The normalized spacial score (nSPS) is 14.4. The first-order valence-electron chi connectivity index (χ1n) is 5.46. The molecule has 0 radical (unpaired) electrons. The Hall–Kier alpha value is -1.96. The van der Waals surface area contributed by atoms with Crippen molar-refractivity contribution in [3.8, 4) is 0 Å². The second kappa shape index (κ2) is 4.96. The van der Waals surface area contributed by atoms with E-state index in [0.717, 1.165) is 0 Å². The average molecular weight is 328 g/mol. The molecular weight excluding hydrogens is 318 g/mol. The minimum absolute atomic E-state index is 0.0610. The summed E-state index contributed by atoms with van der Waals surface area (Å²) in [5.41, 5.74) is 0.149. The van der Waals surface area contributed by atoms with Crippen molar-refractivity contribution >= 4 is 44.8 Å². The molecule has 100 valence electrons. The molecule has 7 nitrogen and oxygen atoms in total. The summed E-state index contributed by atoms with van der Waals surface area (Å²) in [6, 6.07) is 2.87. The lowest BCUT2D eigenvalue weighted by Gasteiger charge is -2.20.